The molecule has 3 nitrogen and oxygen atoms in total. The minimum atomic E-state index is -1.63. The molecule has 0 saturated heterocycles. The lowest BCUT2D eigenvalue weighted by Gasteiger charge is -2.02. The number of halogens is 3. The molecule has 0 aliphatic heterocycles. The van der Waals surface area contributed by atoms with Crippen LogP contribution in [0.15, 0.2) is 17.0 Å². The van der Waals surface area contributed by atoms with E-state index >= 15 is 0 Å². The monoisotopic (exact) mass is 264 g/mol. The number of thioether (sulfide) groups is 1. The number of esters is 1. The van der Waals surface area contributed by atoms with E-state index in [0.29, 0.717) is 12.1 Å². The summed E-state index contributed by atoms with van der Waals surface area (Å²) in [5.41, 5.74) is 0. The molecule has 1 rings (SSSR count). The van der Waals surface area contributed by atoms with Gasteiger partial charge in [-0.05, 0) is 30.8 Å². The fraction of sp³-hybridized carbons (Fsp3) is 0.200. The second kappa shape index (κ2) is 5.72. The summed E-state index contributed by atoms with van der Waals surface area (Å²) in [6, 6.07) is 1.25. The van der Waals surface area contributed by atoms with E-state index in [1.807, 2.05) is 0 Å². The third-order valence-corrected chi connectivity index (χ3v) is 2.43. The molecule has 1 aromatic rings. The Morgan fingerprint density at radius 1 is 1.24 bits per heavy atom. The number of benzene rings is 1. The van der Waals surface area contributed by atoms with E-state index in [1.54, 1.807) is 0 Å². The zero-order chi connectivity index (χ0) is 13.0. The molecule has 0 radical (unpaired) electrons. The standard InChI is InChI=1S/C10H7F3O3S/c1-2-16-9(14)10(15)17-5-3-6(11)8(13)7(12)4-5/h3-4H,2H2,1H3. The normalized spacial score (nSPS) is 10.1. The molecule has 0 unspecified atom stereocenters. The number of hydrogen-bond acceptors (Lipinski definition) is 4. The molecule has 0 fully saturated rings. The number of ether oxygens (including phenoxy) is 1. The Balaban J connectivity index is 2.82. The second-order valence-electron chi connectivity index (χ2n) is 2.81. The maximum atomic E-state index is 12.8. The first-order chi connectivity index (χ1) is 7.95. The molecule has 92 valence electrons. The first kappa shape index (κ1) is 13.6. The molecule has 0 amide bonds. The molecule has 0 atom stereocenters. The van der Waals surface area contributed by atoms with Crippen LogP contribution in [0.5, 0.6) is 0 Å². The highest BCUT2D eigenvalue weighted by atomic mass is 32.2. The summed E-state index contributed by atoms with van der Waals surface area (Å²) in [5.74, 6) is -5.60. The van der Waals surface area contributed by atoms with E-state index in [-0.39, 0.29) is 23.3 Å². The van der Waals surface area contributed by atoms with Crippen LogP contribution in [0.2, 0.25) is 0 Å². The molecule has 0 aliphatic carbocycles. The van der Waals surface area contributed by atoms with E-state index in [1.165, 1.54) is 6.92 Å². The van der Waals surface area contributed by atoms with Crippen molar-refractivity contribution in [3.8, 4) is 0 Å². The van der Waals surface area contributed by atoms with E-state index < -0.39 is 28.5 Å². The van der Waals surface area contributed by atoms with Crippen LogP contribution in [0, 0.1) is 17.5 Å². The molecular weight excluding hydrogens is 257 g/mol. The Morgan fingerprint density at radius 3 is 2.24 bits per heavy atom. The zero-order valence-electron chi connectivity index (χ0n) is 8.63. The van der Waals surface area contributed by atoms with Gasteiger partial charge in [0.25, 0.3) is 0 Å². The van der Waals surface area contributed by atoms with Crippen molar-refractivity contribution >= 4 is 22.8 Å². The van der Waals surface area contributed by atoms with Crippen molar-refractivity contribution in [3.05, 3.63) is 29.6 Å². The summed E-state index contributed by atoms with van der Waals surface area (Å²) >= 11 is 0.269. The Morgan fingerprint density at radius 2 is 1.76 bits per heavy atom. The van der Waals surface area contributed by atoms with Crippen molar-refractivity contribution in [1.29, 1.82) is 0 Å². The zero-order valence-corrected chi connectivity index (χ0v) is 9.45. The number of hydrogen-bond donors (Lipinski definition) is 0. The van der Waals surface area contributed by atoms with Crippen LogP contribution in [-0.4, -0.2) is 17.7 Å². The third-order valence-electron chi connectivity index (χ3n) is 1.61. The van der Waals surface area contributed by atoms with Gasteiger partial charge in [0.1, 0.15) is 0 Å². The van der Waals surface area contributed by atoms with Crippen molar-refractivity contribution in [2.75, 3.05) is 6.61 Å². The predicted octanol–water partition coefficient (Wildman–Crippen LogP) is 2.29. The molecule has 0 saturated carbocycles. The fourth-order valence-corrected chi connectivity index (χ4v) is 1.61. The molecule has 7 heteroatoms. The van der Waals surface area contributed by atoms with E-state index in [9.17, 15) is 22.8 Å². The lowest BCUT2D eigenvalue weighted by atomic mass is 10.3. The topological polar surface area (TPSA) is 43.4 Å². The van der Waals surface area contributed by atoms with Gasteiger partial charge in [0.2, 0.25) is 0 Å². The average Bonchev–Trinajstić information content (AvgIpc) is 2.26. The van der Waals surface area contributed by atoms with E-state index in [4.69, 9.17) is 0 Å². The summed E-state index contributed by atoms with van der Waals surface area (Å²) in [5, 5.41) is -1.03. The summed E-state index contributed by atoms with van der Waals surface area (Å²) < 4.78 is 42.5. The summed E-state index contributed by atoms with van der Waals surface area (Å²) in [6.07, 6.45) is 0. The van der Waals surface area contributed by atoms with Crippen molar-refractivity contribution in [1.82, 2.24) is 0 Å². The lowest BCUT2D eigenvalue weighted by molar-refractivity contribution is -0.149. The predicted molar refractivity (Wildman–Crippen MR) is 53.8 cm³/mol. The van der Waals surface area contributed by atoms with Crippen LogP contribution >= 0.6 is 11.8 Å². The van der Waals surface area contributed by atoms with E-state index in [2.05, 4.69) is 4.74 Å². The van der Waals surface area contributed by atoms with Crippen molar-refractivity contribution in [2.24, 2.45) is 0 Å². The van der Waals surface area contributed by atoms with Gasteiger partial charge in [-0.3, -0.25) is 4.79 Å². The maximum Gasteiger partial charge on any atom is 0.386 e. The lowest BCUT2D eigenvalue weighted by Crippen LogP contribution is -2.13. The van der Waals surface area contributed by atoms with Gasteiger partial charge < -0.3 is 4.74 Å². The molecular formula is C10H7F3O3S. The van der Waals surface area contributed by atoms with Gasteiger partial charge in [-0.15, -0.1) is 0 Å². The minimum absolute atomic E-state index is 0.0112. The van der Waals surface area contributed by atoms with Crippen molar-refractivity contribution in [3.63, 3.8) is 0 Å². The molecule has 0 bridgehead atoms. The van der Waals surface area contributed by atoms with Crippen LogP contribution in [0.1, 0.15) is 6.92 Å². The molecule has 0 aliphatic rings. The highest BCUT2D eigenvalue weighted by Crippen LogP contribution is 2.23. The number of carbonyl (C=O) groups is 2. The van der Waals surface area contributed by atoms with Crippen LogP contribution in [0.25, 0.3) is 0 Å². The van der Waals surface area contributed by atoms with Gasteiger partial charge in [0, 0.05) is 4.90 Å². The highest BCUT2D eigenvalue weighted by Gasteiger charge is 2.19. The highest BCUT2D eigenvalue weighted by molar-refractivity contribution is 8.15. The van der Waals surface area contributed by atoms with Gasteiger partial charge in [0.05, 0.1) is 6.61 Å². The Kier molecular flexibility index (Phi) is 4.56. The molecule has 0 heterocycles. The van der Waals surface area contributed by atoms with Gasteiger partial charge >= 0.3 is 11.1 Å². The quantitative estimate of drug-likeness (QED) is 0.356. The molecule has 0 aromatic heterocycles. The number of carbonyl (C=O) groups excluding carboxylic acids is 2. The number of rotatable bonds is 2. The van der Waals surface area contributed by atoms with Gasteiger partial charge in [0.15, 0.2) is 17.5 Å². The Labute approximate surface area is 98.9 Å². The van der Waals surface area contributed by atoms with Gasteiger partial charge in [-0.2, -0.15) is 0 Å². The summed E-state index contributed by atoms with van der Waals surface area (Å²) in [6.45, 7) is 1.52. The third kappa shape index (κ3) is 3.48. The molecule has 0 N–H and O–H groups in total. The summed E-state index contributed by atoms with van der Waals surface area (Å²) in [7, 11) is 0. The Hall–Kier alpha value is -1.50. The van der Waals surface area contributed by atoms with Gasteiger partial charge in [-0.25, -0.2) is 18.0 Å². The van der Waals surface area contributed by atoms with Crippen LogP contribution in [-0.2, 0) is 14.3 Å². The smallest absolute Gasteiger partial charge is 0.386 e. The molecule has 17 heavy (non-hydrogen) atoms. The van der Waals surface area contributed by atoms with Crippen molar-refractivity contribution < 1.29 is 27.5 Å². The fourth-order valence-electron chi connectivity index (χ4n) is 0.930. The second-order valence-corrected chi connectivity index (χ2v) is 3.86. The maximum absolute atomic E-state index is 12.8. The first-order valence-corrected chi connectivity index (χ1v) is 5.30. The largest absolute Gasteiger partial charge is 0.460 e. The average molecular weight is 264 g/mol. The van der Waals surface area contributed by atoms with Crippen LogP contribution in [0.4, 0.5) is 13.2 Å². The summed E-state index contributed by atoms with van der Waals surface area (Å²) in [4.78, 5) is 21.9. The molecule has 1 aromatic carbocycles. The van der Waals surface area contributed by atoms with Crippen molar-refractivity contribution in [2.45, 2.75) is 11.8 Å². The van der Waals surface area contributed by atoms with Crippen LogP contribution < -0.4 is 0 Å². The molecule has 0 spiro atoms. The van der Waals surface area contributed by atoms with E-state index in [0.717, 1.165) is 0 Å². The minimum Gasteiger partial charge on any atom is -0.460 e. The SMILES string of the molecule is CCOC(=O)C(=O)Sc1cc(F)c(F)c(F)c1. The first-order valence-electron chi connectivity index (χ1n) is 4.49. The van der Waals surface area contributed by atoms with Crippen LogP contribution in [0.3, 0.4) is 0 Å². The Bertz CT molecular complexity index is 439. The van der Waals surface area contributed by atoms with Gasteiger partial charge in [-0.1, -0.05) is 0 Å².